The molecule has 0 saturated heterocycles. The molecule has 0 amide bonds. The second-order valence-electron chi connectivity index (χ2n) is 2.05. The highest BCUT2D eigenvalue weighted by atomic mass is 79.9. The number of aromatic hydroxyl groups is 1. The van der Waals surface area contributed by atoms with E-state index in [4.69, 9.17) is 5.11 Å². The van der Waals surface area contributed by atoms with E-state index in [0.29, 0.717) is 5.75 Å². The lowest BCUT2D eigenvalue weighted by molar-refractivity contribution is 0.471. The summed E-state index contributed by atoms with van der Waals surface area (Å²) < 4.78 is 0.760. The molecule has 0 aliphatic rings. The molecule has 0 saturated carbocycles. The molecule has 1 N–H and O–H groups in total. The first-order valence-electron chi connectivity index (χ1n) is 3.35. The van der Waals surface area contributed by atoms with E-state index in [0.717, 1.165) is 10.2 Å². The van der Waals surface area contributed by atoms with Crippen molar-refractivity contribution in [3.05, 3.63) is 22.7 Å². The number of hydrogen-bond donors (Lipinski definition) is 1. The lowest BCUT2D eigenvalue weighted by Gasteiger charge is -2.00. The highest BCUT2D eigenvalue weighted by Crippen LogP contribution is 2.28. The van der Waals surface area contributed by atoms with Gasteiger partial charge in [-0.1, -0.05) is 6.92 Å². The van der Waals surface area contributed by atoms with Crippen LogP contribution in [0.5, 0.6) is 5.75 Å². The standard InChI is InChI=1S/C8H9BrOS/c1-2-11-6-3-4-8(10)7(9)5-6/h3-5,10H,2H2,1H3. The maximum atomic E-state index is 9.16. The summed E-state index contributed by atoms with van der Waals surface area (Å²) in [6.45, 7) is 2.10. The molecule has 3 heteroatoms. The van der Waals surface area contributed by atoms with Crippen LogP contribution in [0.4, 0.5) is 0 Å². The van der Waals surface area contributed by atoms with Crippen molar-refractivity contribution in [1.29, 1.82) is 0 Å². The molecule has 0 aromatic heterocycles. The summed E-state index contributed by atoms with van der Waals surface area (Å²) in [4.78, 5) is 1.18. The summed E-state index contributed by atoms with van der Waals surface area (Å²) >= 11 is 5.01. The van der Waals surface area contributed by atoms with Gasteiger partial charge in [0.05, 0.1) is 4.47 Å². The minimum Gasteiger partial charge on any atom is -0.507 e. The minimum absolute atomic E-state index is 0.297. The Bertz CT molecular complexity index is 250. The molecule has 0 heterocycles. The Balaban J connectivity index is 2.86. The Morgan fingerprint density at radius 3 is 2.82 bits per heavy atom. The van der Waals surface area contributed by atoms with Crippen molar-refractivity contribution in [3.8, 4) is 5.75 Å². The molecular formula is C8H9BrOS. The smallest absolute Gasteiger partial charge is 0.129 e. The van der Waals surface area contributed by atoms with Crippen LogP contribution in [0.25, 0.3) is 0 Å². The van der Waals surface area contributed by atoms with Crippen LogP contribution in [-0.4, -0.2) is 10.9 Å². The average molecular weight is 233 g/mol. The molecule has 0 bridgehead atoms. The maximum absolute atomic E-state index is 9.16. The van der Waals surface area contributed by atoms with Gasteiger partial charge in [0, 0.05) is 4.90 Å². The number of hydrogen-bond acceptors (Lipinski definition) is 2. The predicted molar refractivity (Wildman–Crippen MR) is 52.2 cm³/mol. The average Bonchev–Trinajstić information content (AvgIpc) is 1.98. The van der Waals surface area contributed by atoms with Gasteiger partial charge in [-0.3, -0.25) is 0 Å². The lowest BCUT2D eigenvalue weighted by Crippen LogP contribution is -1.73. The lowest BCUT2D eigenvalue weighted by atomic mass is 10.3. The Kier molecular flexibility index (Phi) is 3.27. The molecule has 1 aromatic rings. The Morgan fingerprint density at radius 1 is 1.55 bits per heavy atom. The fourth-order valence-electron chi connectivity index (χ4n) is 0.744. The van der Waals surface area contributed by atoms with Crippen LogP contribution < -0.4 is 0 Å². The van der Waals surface area contributed by atoms with Crippen molar-refractivity contribution in [2.45, 2.75) is 11.8 Å². The molecular weight excluding hydrogens is 224 g/mol. The van der Waals surface area contributed by atoms with Gasteiger partial charge in [0.15, 0.2) is 0 Å². The quantitative estimate of drug-likeness (QED) is 0.791. The van der Waals surface area contributed by atoms with Crippen molar-refractivity contribution in [2.24, 2.45) is 0 Å². The first-order valence-corrected chi connectivity index (χ1v) is 5.13. The third kappa shape index (κ3) is 2.42. The Labute approximate surface area is 78.9 Å². The van der Waals surface area contributed by atoms with Gasteiger partial charge >= 0.3 is 0 Å². The minimum atomic E-state index is 0.297. The number of phenolic OH excluding ortho intramolecular Hbond substituents is 1. The van der Waals surface area contributed by atoms with Crippen LogP contribution in [0, 0.1) is 0 Å². The monoisotopic (exact) mass is 232 g/mol. The van der Waals surface area contributed by atoms with Crippen molar-refractivity contribution in [2.75, 3.05) is 5.75 Å². The summed E-state index contributed by atoms with van der Waals surface area (Å²) in [7, 11) is 0. The first kappa shape index (κ1) is 8.94. The van der Waals surface area contributed by atoms with E-state index < -0.39 is 0 Å². The van der Waals surface area contributed by atoms with E-state index >= 15 is 0 Å². The number of benzene rings is 1. The first-order chi connectivity index (χ1) is 5.24. The number of halogens is 1. The largest absolute Gasteiger partial charge is 0.507 e. The Hall–Kier alpha value is -0.150. The molecule has 0 unspecified atom stereocenters. The summed E-state index contributed by atoms with van der Waals surface area (Å²) in [6.07, 6.45) is 0. The van der Waals surface area contributed by atoms with Gasteiger partial charge < -0.3 is 5.11 Å². The van der Waals surface area contributed by atoms with Gasteiger partial charge in [-0.05, 0) is 39.9 Å². The van der Waals surface area contributed by atoms with Crippen LogP contribution in [-0.2, 0) is 0 Å². The summed E-state index contributed by atoms with van der Waals surface area (Å²) in [5, 5.41) is 9.16. The molecule has 1 rings (SSSR count). The molecule has 0 atom stereocenters. The van der Waals surface area contributed by atoms with Gasteiger partial charge in [-0.25, -0.2) is 0 Å². The molecule has 11 heavy (non-hydrogen) atoms. The summed E-state index contributed by atoms with van der Waals surface area (Å²) in [5.74, 6) is 1.35. The zero-order chi connectivity index (χ0) is 8.27. The van der Waals surface area contributed by atoms with E-state index in [9.17, 15) is 0 Å². The van der Waals surface area contributed by atoms with Crippen LogP contribution in [0.2, 0.25) is 0 Å². The molecule has 0 aliphatic heterocycles. The zero-order valence-electron chi connectivity index (χ0n) is 6.17. The van der Waals surface area contributed by atoms with E-state index in [-0.39, 0.29) is 0 Å². The number of rotatable bonds is 2. The van der Waals surface area contributed by atoms with Crippen molar-refractivity contribution in [3.63, 3.8) is 0 Å². The zero-order valence-corrected chi connectivity index (χ0v) is 8.58. The second kappa shape index (κ2) is 4.02. The van der Waals surface area contributed by atoms with Gasteiger partial charge in [0.25, 0.3) is 0 Å². The van der Waals surface area contributed by atoms with Crippen molar-refractivity contribution < 1.29 is 5.11 Å². The number of thioether (sulfide) groups is 1. The molecule has 1 aromatic carbocycles. The van der Waals surface area contributed by atoms with Crippen LogP contribution in [0.15, 0.2) is 27.6 Å². The van der Waals surface area contributed by atoms with E-state index in [2.05, 4.69) is 22.9 Å². The van der Waals surface area contributed by atoms with Crippen molar-refractivity contribution >= 4 is 27.7 Å². The van der Waals surface area contributed by atoms with E-state index in [1.54, 1.807) is 17.8 Å². The van der Waals surface area contributed by atoms with Crippen molar-refractivity contribution in [1.82, 2.24) is 0 Å². The highest BCUT2D eigenvalue weighted by molar-refractivity contribution is 9.10. The molecule has 0 spiro atoms. The van der Waals surface area contributed by atoms with Crippen LogP contribution in [0.1, 0.15) is 6.92 Å². The molecule has 0 fully saturated rings. The van der Waals surface area contributed by atoms with Gasteiger partial charge in [-0.2, -0.15) is 0 Å². The fourth-order valence-corrected chi connectivity index (χ4v) is 1.97. The molecule has 0 radical (unpaired) electrons. The maximum Gasteiger partial charge on any atom is 0.129 e. The van der Waals surface area contributed by atoms with Gasteiger partial charge in [-0.15, -0.1) is 11.8 Å². The predicted octanol–water partition coefficient (Wildman–Crippen LogP) is 3.27. The third-order valence-electron chi connectivity index (χ3n) is 1.23. The highest BCUT2D eigenvalue weighted by Gasteiger charge is 1.97. The van der Waals surface area contributed by atoms with Gasteiger partial charge in [0.1, 0.15) is 5.75 Å². The van der Waals surface area contributed by atoms with E-state index in [1.165, 1.54) is 4.90 Å². The molecule has 60 valence electrons. The topological polar surface area (TPSA) is 20.2 Å². The third-order valence-corrected chi connectivity index (χ3v) is 2.74. The van der Waals surface area contributed by atoms with Crippen LogP contribution in [0.3, 0.4) is 0 Å². The summed E-state index contributed by atoms with van der Waals surface area (Å²) in [5.41, 5.74) is 0. The number of phenols is 1. The second-order valence-corrected chi connectivity index (χ2v) is 4.24. The van der Waals surface area contributed by atoms with Crippen LogP contribution >= 0.6 is 27.7 Å². The SMILES string of the molecule is CCSc1ccc(O)c(Br)c1. The Morgan fingerprint density at radius 2 is 2.27 bits per heavy atom. The molecule has 0 aliphatic carbocycles. The molecule has 1 nitrogen and oxygen atoms in total. The van der Waals surface area contributed by atoms with Gasteiger partial charge in [0.2, 0.25) is 0 Å². The normalized spacial score (nSPS) is 10.0. The fraction of sp³-hybridized carbons (Fsp3) is 0.250. The van der Waals surface area contributed by atoms with E-state index in [1.807, 2.05) is 12.1 Å². The summed E-state index contributed by atoms with van der Waals surface area (Å²) in [6, 6.07) is 5.53.